The molecule has 0 saturated carbocycles. The van der Waals surface area contributed by atoms with E-state index in [1.165, 1.54) is 18.9 Å². The third-order valence-electron chi connectivity index (χ3n) is 6.62. The minimum Gasteiger partial charge on any atom is -0.494 e. The monoisotopic (exact) mass is 455 g/mol. The van der Waals surface area contributed by atoms with Crippen LogP contribution in [0.25, 0.3) is 33.3 Å². The van der Waals surface area contributed by atoms with Crippen molar-refractivity contribution in [1.29, 1.82) is 5.26 Å². The molecule has 3 heterocycles. The smallest absolute Gasteiger partial charge is 0.165 e. The van der Waals surface area contributed by atoms with Crippen molar-refractivity contribution in [2.24, 2.45) is 12.8 Å². The van der Waals surface area contributed by atoms with Gasteiger partial charge >= 0.3 is 0 Å². The molecule has 6 nitrogen and oxygen atoms in total. The summed E-state index contributed by atoms with van der Waals surface area (Å²) >= 11 is 0. The number of hydrogen-bond acceptors (Lipinski definition) is 5. The van der Waals surface area contributed by atoms with E-state index in [-0.39, 0.29) is 11.8 Å². The molecule has 0 unspecified atom stereocenters. The van der Waals surface area contributed by atoms with Crippen LogP contribution in [-0.2, 0) is 13.6 Å². The van der Waals surface area contributed by atoms with Crippen molar-refractivity contribution in [3.05, 3.63) is 71.8 Å². The van der Waals surface area contributed by atoms with Gasteiger partial charge < -0.3 is 15.0 Å². The van der Waals surface area contributed by atoms with Crippen LogP contribution in [0.1, 0.15) is 17.7 Å². The lowest BCUT2D eigenvalue weighted by Crippen LogP contribution is -2.26. The molecular formula is C27H26FN5O. The molecule has 4 aromatic rings. The van der Waals surface area contributed by atoms with E-state index < -0.39 is 5.82 Å². The van der Waals surface area contributed by atoms with Gasteiger partial charge in [0.1, 0.15) is 0 Å². The Morgan fingerprint density at radius 3 is 2.59 bits per heavy atom. The highest BCUT2D eigenvalue weighted by molar-refractivity contribution is 6.02. The van der Waals surface area contributed by atoms with Crippen molar-refractivity contribution in [3.63, 3.8) is 0 Å². The maximum atomic E-state index is 14.6. The van der Waals surface area contributed by atoms with Gasteiger partial charge in [-0.25, -0.2) is 4.39 Å². The first-order valence-corrected chi connectivity index (χ1v) is 11.3. The number of aromatic nitrogens is 2. The molecule has 172 valence electrons. The van der Waals surface area contributed by atoms with Crippen LogP contribution in [-0.4, -0.2) is 40.7 Å². The maximum absolute atomic E-state index is 14.6. The Balaban J connectivity index is 1.69. The van der Waals surface area contributed by atoms with E-state index in [1.54, 1.807) is 18.2 Å². The van der Waals surface area contributed by atoms with Crippen molar-refractivity contribution in [2.45, 2.75) is 19.0 Å². The van der Waals surface area contributed by atoms with Crippen LogP contribution in [0.3, 0.4) is 0 Å². The van der Waals surface area contributed by atoms with Gasteiger partial charge in [-0.15, -0.1) is 0 Å². The van der Waals surface area contributed by atoms with Gasteiger partial charge in [-0.05, 0) is 48.4 Å². The first kappa shape index (κ1) is 22.1. The average Bonchev–Trinajstić information content (AvgIpc) is 3.41. The van der Waals surface area contributed by atoms with E-state index in [4.69, 9.17) is 15.5 Å². The van der Waals surface area contributed by atoms with E-state index in [1.807, 2.05) is 31.4 Å². The van der Waals surface area contributed by atoms with E-state index in [0.717, 1.165) is 48.1 Å². The van der Waals surface area contributed by atoms with Gasteiger partial charge in [-0.2, -0.15) is 5.26 Å². The zero-order chi connectivity index (χ0) is 23.8. The van der Waals surface area contributed by atoms with Crippen molar-refractivity contribution in [1.82, 2.24) is 14.5 Å². The second-order valence-corrected chi connectivity index (χ2v) is 8.80. The molecule has 1 aliphatic heterocycles. The number of fused-ring (bicyclic) bond motifs is 1. The Bertz CT molecular complexity index is 1400. The van der Waals surface area contributed by atoms with E-state index >= 15 is 0 Å². The van der Waals surface area contributed by atoms with Crippen molar-refractivity contribution >= 4 is 10.9 Å². The highest BCUT2D eigenvalue weighted by Crippen LogP contribution is 2.39. The summed E-state index contributed by atoms with van der Waals surface area (Å²) in [6.07, 6.45) is 2.86. The molecule has 1 aliphatic rings. The molecule has 2 aromatic carbocycles. The Morgan fingerprint density at radius 2 is 1.94 bits per heavy atom. The molecule has 5 rings (SSSR count). The predicted octanol–water partition coefficient (Wildman–Crippen LogP) is 4.46. The Labute approximate surface area is 198 Å². The third-order valence-corrected chi connectivity index (χ3v) is 6.62. The number of ether oxygens (including phenoxy) is 1. The number of aryl methyl sites for hydroxylation is 1. The summed E-state index contributed by atoms with van der Waals surface area (Å²) in [5.74, 6) is -0.248. The highest BCUT2D eigenvalue weighted by Gasteiger charge is 2.22. The fraction of sp³-hybridized carbons (Fsp3) is 0.259. The quantitative estimate of drug-likeness (QED) is 0.481. The van der Waals surface area contributed by atoms with Gasteiger partial charge in [0.2, 0.25) is 0 Å². The minimum absolute atomic E-state index is 0.190. The predicted molar refractivity (Wildman–Crippen MR) is 131 cm³/mol. The van der Waals surface area contributed by atoms with Crippen LogP contribution in [0.15, 0.2) is 54.7 Å². The summed E-state index contributed by atoms with van der Waals surface area (Å²) in [6, 6.07) is 16.9. The van der Waals surface area contributed by atoms with Gasteiger partial charge in [0, 0.05) is 54.9 Å². The Hall–Kier alpha value is -3.73. The average molecular weight is 456 g/mol. The number of hydrogen-bond donors (Lipinski definition) is 1. The van der Waals surface area contributed by atoms with Crippen LogP contribution in [0.4, 0.5) is 4.39 Å². The van der Waals surface area contributed by atoms with Gasteiger partial charge in [0.15, 0.2) is 11.6 Å². The second kappa shape index (κ2) is 8.90. The van der Waals surface area contributed by atoms with Crippen molar-refractivity contribution < 1.29 is 9.13 Å². The lowest BCUT2D eigenvalue weighted by molar-refractivity contribution is 0.319. The molecule has 34 heavy (non-hydrogen) atoms. The summed E-state index contributed by atoms with van der Waals surface area (Å²) in [7, 11) is 3.49. The molecule has 7 heteroatoms. The molecule has 2 aromatic heterocycles. The van der Waals surface area contributed by atoms with E-state index in [2.05, 4.69) is 21.6 Å². The van der Waals surface area contributed by atoms with Crippen LogP contribution in [0.5, 0.6) is 5.75 Å². The van der Waals surface area contributed by atoms with Crippen molar-refractivity contribution in [2.75, 3.05) is 20.2 Å². The topological polar surface area (TPSA) is 80.1 Å². The van der Waals surface area contributed by atoms with Crippen LogP contribution >= 0.6 is 0 Å². The Morgan fingerprint density at radius 1 is 1.18 bits per heavy atom. The standard InChI is InChI=1S/C27H26FN5O/c1-32-21(16-33-10-9-20(30)15-33)12-22-24(32)14-31-27(19-7-8-25(34-2)23(28)11-19)26(22)18-5-3-17(13-29)4-6-18/h3-8,11-12,14,20H,9-10,15-16,30H2,1-2H3/t20-/m0/s1. The molecular weight excluding hydrogens is 429 g/mol. The summed E-state index contributed by atoms with van der Waals surface area (Å²) in [5, 5.41) is 10.3. The van der Waals surface area contributed by atoms with E-state index in [9.17, 15) is 9.65 Å². The van der Waals surface area contributed by atoms with Crippen molar-refractivity contribution in [3.8, 4) is 34.2 Å². The van der Waals surface area contributed by atoms with Gasteiger partial charge in [0.05, 0.1) is 36.1 Å². The first-order valence-electron chi connectivity index (χ1n) is 11.3. The Kier molecular flexibility index (Phi) is 5.78. The summed E-state index contributed by atoms with van der Waals surface area (Å²) in [6.45, 7) is 2.68. The number of rotatable bonds is 5. The summed E-state index contributed by atoms with van der Waals surface area (Å²) in [4.78, 5) is 7.15. The maximum Gasteiger partial charge on any atom is 0.165 e. The number of nitriles is 1. The number of benzene rings is 2. The molecule has 0 spiro atoms. The highest BCUT2D eigenvalue weighted by atomic mass is 19.1. The minimum atomic E-state index is -0.438. The SMILES string of the molecule is COc1ccc(-c2ncc3c(cc(CN4CC[C@H](N)C4)n3C)c2-c2ccc(C#N)cc2)cc1F. The zero-order valence-electron chi connectivity index (χ0n) is 19.3. The lowest BCUT2D eigenvalue weighted by atomic mass is 9.95. The van der Waals surface area contributed by atoms with Gasteiger partial charge in [-0.1, -0.05) is 12.1 Å². The number of halogens is 1. The molecule has 0 amide bonds. The lowest BCUT2D eigenvalue weighted by Gasteiger charge is -2.15. The molecule has 1 saturated heterocycles. The number of pyridine rings is 1. The van der Waals surface area contributed by atoms with Crippen LogP contribution in [0, 0.1) is 17.1 Å². The molecule has 1 fully saturated rings. The third kappa shape index (κ3) is 3.92. The molecule has 2 N–H and O–H groups in total. The number of methoxy groups -OCH3 is 1. The largest absolute Gasteiger partial charge is 0.494 e. The molecule has 0 aliphatic carbocycles. The van der Waals surface area contributed by atoms with Gasteiger partial charge in [-0.3, -0.25) is 9.88 Å². The molecule has 0 radical (unpaired) electrons. The summed E-state index contributed by atoms with van der Waals surface area (Å²) in [5.41, 5.74) is 12.0. The number of nitrogens with two attached hydrogens (primary N) is 1. The molecule has 0 bridgehead atoms. The number of likely N-dealkylation sites (tertiary alicyclic amines) is 1. The fourth-order valence-corrected chi connectivity index (χ4v) is 4.77. The van der Waals surface area contributed by atoms with Crippen LogP contribution < -0.4 is 10.5 Å². The second-order valence-electron chi connectivity index (χ2n) is 8.80. The fourth-order valence-electron chi connectivity index (χ4n) is 4.77. The summed E-state index contributed by atoms with van der Waals surface area (Å²) < 4.78 is 21.9. The normalized spacial score (nSPS) is 16.1. The first-order chi connectivity index (χ1) is 16.5. The van der Waals surface area contributed by atoms with E-state index in [0.29, 0.717) is 16.8 Å². The van der Waals surface area contributed by atoms with Gasteiger partial charge in [0.25, 0.3) is 0 Å². The zero-order valence-corrected chi connectivity index (χ0v) is 19.3. The molecule has 1 atom stereocenters. The van der Waals surface area contributed by atoms with Crippen LogP contribution in [0.2, 0.25) is 0 Å². The number of nitrogens with zero attached hydrogens (tertiary/aromatic N) is 4.